The van der Waals surface area contributed by atoms with E-state index in [0.29, 0.717) is 5.02 Å². The molecule has 1 aromatic carbocycles. The van der Waals surface area contributed by atoms with Crippen LogP contribution in [-0.2, 0) is 4.79 Å². The molecule has 0 bridgehead atoms. The van der Waals surface area contributed by atoms with Crippen molar-refractivity contribution in [2.45, 2.75) is 30.3 Å². The number of hydrogen-bond donors (Lipinski definition) is 1. The summed E-state index contributed by atoms with van der Waals surface area (Å²) in [5, 5.41) is 7.94. The molecule has 1 aliphatic heterocycles. The molecular formula is C15H16ClN3OS. The van der Waals surface area contributed by atoms with Crippen molar-refractivity contribution in [1.82, 2.24) is 15.1 Å². The largest absolute Gasteiger partial charge is 0.347 e. The number of carbonyl (C=O) groups excluding carboxylic acids is 1. The summed E-state index contributed by atoms with van der Waals surface area (Å²) in [4.78, 5) is 13.6. The van der Waals surface area contributed by atoms with Gasteiger partial charge in [-0.2, -0.15) is 5.10 Å². The lowest BCUT2D eigenvalue weighted by atomic mass is 10.0. The molecule has 0 aliphatic carbocycles. The zero-order chi connectivity index (χ0) is 14.8. The van der Waals surface area contributed by atoms with Crippen LogP contribution in [0.5, 0.6) is 0 Å². The van der Waals surface area contributed by atoms with Crippen LogP contribution in [0.2, 0.25) is 5.02 Å². The molecule has 3 rings (SSSR count). The SMILES string of the molecule is C[C@@H](C(=O)N[C@@H]1CCSc2ccc(Cl)cc21)n1cccn1. The molecule has 2 aromatic rings. The molecule has 21 heavy (non-hydrogen) atoms. The molecule has 6 heteroatoms. The zero-order valence-electron chi connectivity index (χ0n) is 11.6. The van der Waals surface area contributed by atoms with Crippen LogP contribution in [0, 0.1) is 0 Å². The number of amides is 1. The Morgan fingerprint density at radius 3 is 3.19 bits per heavy atom. The number of nitrogens with one attached hydrogen (secondary N) is 1. The predicted molar refractivity (Wildman–Crippen MR) is 84.6 cm³/mol. The normalized spacial score (nSPS) is 18.9. The molecule has 0 radical (unpaired) electrons. The van der Waals surface area contributed by atoms with Gasteiger partial charge in [-0.15, -0.1) is 11.8 Å². The van der Waals surface area contributed by atoms with Gasteiger partial charge in [0, 0.05) is 28.1 Å². The van der Waals surface area contributed by atoms with Crippen LogP contribution in [0.1, 0.15) is 31.0 Å². The predicted octanol–water partition coefficient (Wildman–Crippen LogP) is 3.45. The van der Waals surface area contributed by atoms with Crippen LogP contribution < -0.4 is 5.32 Å². The number of carbonyl (C=O) groups is 1. The molecule has 0 saturated heterocycles. The lowest BCUT2D eigenvalue weighted by Crippen LogP contribution is -2.35. The van der Waals surface area contributed by atoms with Gasteiger partial charge in [0.1, 0.15) is 6.04 Å². The van der Waals surface area contributed by atoms with Crippen LogP contribution in [0.4, 0.5) is 0 Å². The van der Waals surface area contributed by atoms with Crippen molar-refractivity contribution < 1.29 is 4.79 Å². The minimum Gasteiger partial charge on any atom is -0.347 e. The molecule has 110 valence electrons. The highest BCUT2D eigenvalue weighted by molar-refractivity contribution is 7.99. The molecule has 4 nitrogen and oxygen atoms in total. The van der Waals surface area contributed by atoms with Crippen molar-refractivity contribution in [2.24, 2.45) is 0 Å². The molecule has 0 fully saturated rings. The summed E-state index contributed by atoms with van der Waals surface area (Å²) in [5.41, 5.74) is 1.11. The number of aromatic nitrogens is 2. The van der Waals surface area contributed by atoms with E-state index in [9.17, 15) is 4.79 Å². The van der Waals surface area contributed by atoms with Gasteiger partial charge in [-0.1, -0.05) is 11.6 Å². The quantitative estimate of drug-likeness (QED) is 0.942. The van der Waals surface area contributed by atoms with E-state index in [1.54, 1.807) is 28.8 Å². The van der Waals surface area contributed by atoms with Gasteiger partial charge < -0.3 is 5.32 Å². The van der Waals surface area contributed by atoms with Crippen molar-refractivity contribution in [3.63, 3.8) is 0 Å². The highest BCUT2D eigenvalue weighted by Crippen LogP contribution is 2.37. The van der Waals surface area contributed by atoms with E-state index in [0.717, 1.165) is 17.7 Å². The maximum atomic E-state index is 12.4. The van der Waals surface area contributed by atoms with E-state index in [-0.39, 0.29) is 18.0 Å². The van der Waals surface area contributed by atoms with E-state index in [1.165, 1.54) is 4.90 Å². The fourth-order valence-electron chi connectivity index (χ4n) is 2.44. The lowest BCUT2D eigenvalue weighted by Gasteiger charge is -2.27. The van der Waals surface area contributed by atoms with E-state index in [2.05, 4.69) is 10.4 Å². The van der Waals surface area contributed by atoms with Gasteiger partial charge in [-0.3, -0.25) is 9.48 Å². The summed E-state index contributed by atoms with van der Waals surface area (Å²) in [6.45, 7) is 1.85. The Kier molecular flexibility index (Phi) is 4.22. The Balaban J connectivity index is 1.77. The van der Waals surface area contributed by atoms with Gasteiger partial charge in [0.15, 0.2) is 0 Å². The number of thioether (sulfide) groups is 1. The summed E-state index contributed by atoms with van der Waals surface area (Å²) in [6.07, 6.45) is 4.39. The summed E-state index contributed by atoms with van der Waals surface area (Å²) >= 11 is 7.89. The van der Waals surface area contributed by atoms with Crippen molar-refractivity contribution >= 4 is 29.3 Å². The molecule has 0 saturated carbocycles. The Labute approximate surface area is 132 Å². The number of rotatable bonds is 3. The fraction of sp³-hybridized carbons (Fsp3) is 0.333. The van der Waals surface area contributed by atoms with Gasteiger partial charge in [-0.25, -0.2) is 0 Å². The Hall–Kier alpha value is -1.46. The first-order chi connectivity index (χ1) is 10.1. The maximum Gasteiger partial charge on any atom is 0.245 e. The Morgan fingerprint density at radius 1 is 1.57 bits per heavy atom. The van der Waals surface area contributed by atoms with E-state index < -0.39 is 0 Å². The second kappa shape index (κ2) is 6.12. The molecule has 1 aliphatic rings. The first kappa shape index (κ1) is 14.5. The minimum absolute atomic E-state index is 0.0189. The summed E-state index contributed by atoms with van der Waals surface area (Å²) in [7, 11) is 0. The summed E-state index contributed by atoms with van der Waals surface area (Å²) < 4.78 is 1.66. The highest BCUT2D eigenvalue weighted by Gasteiger charge is 2.25. The fourth-order valence-corrected chi connectivity index (χ4v) is 3.72. The van der Waals surface area contributed by atoms with Gasteiger partial charge in [0.2, 0.25) is 5.91 Å². The number of benzene rings is 1. The van der Waals surface area contributed by atoms with Crippen LogP contribution >= 0.6 is 23.4 Å². The lowest BCUT2D eigenvalue weighted by molar-refractivity contribution is -0.125. The van der Waals surface area contributed by atoms with Crippen LogP contribution in [0.25, 0.3) is 0 Å². The summed E-state index contributed by atoms with van der Waals surface area (Å²) in [5.74, 6) is 0.969. The standard InChI is InChI=1S/C15H16ClN3OS/c1-10(19-7-2-6-17-19)15(20)18-13-5-8-21-14-4-3-11(16)9-12(13)14/h2-4,6-7,9-10,13H,5,8H2,1H3,(H,18,20)/t10-,13+/m0/s1. The molecule has 0 unspecified atom stereocenters. The van der Waals surface area contributed by atoms with E-state index in [1.807, 2.05) is 31.2 Å². The van der Waals surface area contributed by atoms with Gasteiger partial charge in [-0.05, 0) is 43.2 Å². The number of nitrogens with zero attached hydrogens (tertiary/aromatic N) is 2. The van der Waals surface area contributed by atoms with Crippen LogP contribution in [-0.4, -0.2) is 21.4 Å². The second-order valence-electron chi connectivity index (χ2n) is 5.04. The average molecular weight is 322 g/mol. The smallest absolute Gasteiger partial charge is 0.245 e. The Bertz CT molecular complexity index is 644. The van der Waals surface area contributed by atoms with E-state index >= 15 is 0 Å². The first-order valence-corrected chi connectivity index (χ1v) is 8.23. The minimum atomic E-state index is -0.322. The van der Waals surface area contributed by atoms with Crippen molar-refractivity contribution in [3.05, 3.63) is 47.2 Å². The third-order valence-corrected chi connectivity index (χ3v) is 4.99. The van der Waals surface area contributed by atoms with Crippen molar-refractivity contribution in [2.75, 3.05) is 5.75 Å². The van der Waals surface area contributed by atoms with Crippen LogP contribution in [0.3, 0.4) is 0 Å². The molecule has 2 atom stereocenters. The molecule has 2 heterocycles. The first-order valence-electron chi connectivity index (χ1n) is 6.87. The molecule has 1 N–H and O–H groups in total. The number of fused-ring (bicyclic) bond motifs is 1. The second-order valence-corrected chi connectivity index (χ2v) is 6.62. The third kappa shape index (κ3) is 3.09. The number of hydrogen-bond acceptors (Lipinski definition) is 3. The molecule has 1 aromatic heterocycles. The van der Waals surface area contributed by atoms with Gasteiger partial charge in [0.05, 0.1) is 6.04 Å². The molecule has 0 spiro atoms. The highest BCUT2D eigenvalue weighted by atomic mass is 35.5. The van der Waals surface area contributed by atoms with Crippen molar-refractivity contribution in [1.29, 1.82) is 0 Å². The van der Waals surface area contributed by atoms with E-state index in [4.69, 9.17) is 11.6 Å². The van der Waals surface area contributed by atoms with Crippen molar-refractivity contribution in [3.8, 4) is 0 Å². The molecule has 1 amide bonds. The topological polar surface area (TPSA) is 46.9 Å². The summed E-state index contributed by atoms with van der Waals surface area (Å²) in [6, 6.07) is 7.38. The average Bonchev–Trinajstić information content (AvgIpc) is 3.01. The monoisotopic (exact) mass is 321 g/mol. The van der Waals surface area contributed by atoms with Gasteiger partial charge >= 0.3 is 0 Å². The number of halogens is 1. The maximum absolute atomic E-state index is 12.4. The van der Waals surface area contributed by atoms with Crippen LogP contribution in [0.15, 0.2) is 41.6 Å². The Morgan fingerprint density at radius 2 is 2.43 bits per heavy atom. The van der Waals surface area contributed by atoms with Gasteiger partial charge in [0.25, 0.3) is 0 Å². The third-order valence-electron chi connectivity index (χ3n) is 3.63. The zero-order valence-corrected chi connectivity index (χ0v) is 13.2. The molecular weight excluding hydrogens is 306 g/mol.